The third-order valence-electron chi connectivity index (χ3n) is 4.22. The predicted molar refractivity (Wildman–Crippen MR) is 96.1 cm³/mol. The smallest absolute Gasteiger partial charge is 0.132 e. The molecule has 3 rings (SSSR count). The van der Waals surface area contributed by atoms with Crippen LogP contribution in [0.1, 0.15) is 24.0 Å². The number of rotatable bonds is 5. The fourth-order valence-corrected chi connectivity index (χ4v) is 3.09. The molecule has 126 valence electrons. The highest BCUT2D eigenvalue weighted by molar-refractivity contribution is 6.30. The molecule has 1 unspecified atom stereocenters. The second-order valence-corrected chi connectivity index (χ2v) is 6.49. The minimum atomic E-state index is -0.322. The van der Waals surface area contributed by atoms with Crippen LogP contribution in [-0.4, -0.2) is 11.1 Å². The average Bonchev–Trinajstić information content (AvgIpc) is 2.89. The molecule has 2 N–H and O–H groups in total. The van der Waals surface area contributed by atoms with E-state index in [9.17, 15) is 4.39 Å². The summed E-state index contributed by atoms with van der Waals surface area (Å²) in [6.45, 7) is 2.90. The molecular formula is C19H20ClFN2O. The van der Waals surface area contributed by atoms with Crippen molar-refractivity contribution >= 4 is 22.5 Å². The summed E-state index contributed by atoms with van der Waals surface area (Å²) in [5.74, 6) is 0.366. The molecule has 0 fully saturated rings. The van der Waals surface area contributed by atoms with Gasteiger partial charge in [-0.2, -0.15) is 0 Å². The number of aromatic nitrogens is 1. The molecule has 2 aromatic carbocycles. The standard InChI is InChI=1S/C19H20ClFN2O/c1-12(9-22)16-10-23(2)17-7-15(21)8-18(19(16)17)24-11-13-4-3-5-14(20)6-13/h3-8,10,12H,9,11,22H2,1-2H3. The molecule has 0 saturated heterocycles. The lowest BCUT2D eigenvalue weighted by molar-refractivity contribution is 0.308. The number of ether oxygens (including phenoxy) is 1. The lowest BCUT2D eigenvalue weighted by Gasteiger charge is -2.12. The third-order valence-corrected chi connectivity index (χ3v) is 4.45. The van der Waals surface area contributed by atoms with Crippen LogP contribution >= 0.6 is 11.6 Å². The lowest BCUT2D eigenvalue weighted by Crippen LogP contribution is -2.08. The van der Waals surface area contributed by atoms with Crippen LogP contribution in [0.15, 0.2) is 42.6 Å². The fraction of sp³-hybridized carbons (Fsp3) is 0.263. The zero-order valence-electron chi connectivity index (χ0n) is 13.7. The number of benzene rings is 2. The van der Waals surface area contributed by atoms with Crippen molar-refractivity contribution in [1.82, 2.24) is 4.57 Å². The maximum atomic E-state index is 14.0. The zero-order valence-corrected chi connectivity index (χ0v) is 14.5. The van der Waals surface area contributed by atoms with Gasteiger partial charge in [-0.1, -0.05) is 30.7 Å². The van der Waals surface area contributed by atoms with E-state index in [1.54, 1.807) is 0 Å². The Labute approximate surface area is 145 Å². The Kier molecular flexibility index (Phi) is 4.78. The van der Waals surface area contributed by atoms with E-state index in [2.05, 4.69) is 6.92 Å². The van der Waals surface area contributed by atoms with Gasteiger partial charge in [-0.25, -0.2) is 4.39 Å². The van der Waals surface area contributed by atoms with Crippen molar-refractivity contribution in [1.29, 1.82) is 0 Å². The van der Waals surface area contributed by atoms with Gasteiger partial charge in [-0.3, -0.25) is 0 Å². The first kappa shape index (κ1) is 16.8. The maximum absolute atomic E-state index is 14.0. The Morgan fingerprint density at radius 3 is 2.79 bits per heavy atom. The molecule has 1 aromatic heterocycles. The predicted octanol–water partition coefficient (Wildman–Crippen LogP) is 4.61. The average molecular weight is 347 g/mol. The number of nitrogens with zero attached hydrogens (tertiary/aromatic N) is 1. The van der Waals surface area contributed by atoms with Crippen LogP contribution in [0.3, 0.4) is 0 Å². The van der Waals surface area contributed by atoms with Gasteiger partial charge in [0.1, 0.15) is 18.2 Å². The molecule has 3 nitrogen and oxygen atoms in total. The molecule has 0 aliphatic heterocycles. The van der Waals surface area contributed by atoms with E-state index in [4.69, 9.17) is 22.1 Å². The summed E-state index contributed by atoms with van der Waals surface area (Å²) in [6, 6.07) is 10.4. The van der Waals surface area contributed by atoms with Gasteiger partial charge in [-0.15, -0.1) is 0 Å². The van der Waals surface area contributed by atoms with Crippen LogP contribution in [-0.2, 0) is 13.7 Å². The molecule has 0 spiro atoms. The fourth-order valence-electron chi connectivity index (χ4n) is 2.88. The third kappa shape index (κ3) is 3.25. The van der Waals surface area contributed by atoms with Crippen molar-refractivity contribution in [3.63, 3.8) is 0 Å². The molecule has 1 atom stereocenters. The Hall–Kier alpha value is -2.04. The van der Waals surface area contributed by atoms with Gasteiger partial charge in [0.05, 0.1) is 5.52 Å². The molecular weight excluding hydrogens is 327 g/mol. The SMILES string of the molecule is CC(CN)c1cn(C)c2cc(F)cc(OCc3cccc(Cl)c3)c12. The molecule has 5 heteroatoms. The minimum Gasteiger partial charge on any atom is -0.488 e. The van der Waals surface area contributed by atoms with E-state index >= 15 is 0 Å². The number of hydrogen-bond donors (Lipinski definition) is 1. The molecule has 0 aliphatic carbocycles. The molecule has 24 heavy (non-hydrogen) atoms. The monoisotopic (exact) mass is 346 g/mol. The summed E-state index contributed by atoms with van der Waals surface area (Å²) in [5.41, 5.74) is 8.63. The Bertz CT molecular complexity index is 875. The minimum absolute atomic E-state index is 0.160. The summed E-state index contributed by atoms with van der Waals surface area (Å²) >= 11 is 6.00. The zero-order chi connectivity index (χ0) is 17.3. The van der Waals surface area contributed by atoms with Crippen LogP contribution in [0.5, 0.6) is 5.75 Å². The second kappa shape index (κ2) is 6.83. The Balaban J connectivity index is 2.02. The van der Waals surface area contributed by atoms with E-state index in [0.717, 1.165) is 22.0 Å². The molecule has 0 aliphatic rings. The Morgan fingerprint density at radius 1 is 1.29 bits per heavy atom. The highest BCUT2D eigenvalue weighted by Crippen LogP contribution is 2.35. The van der Waals surface area contributed by atoms with Gasteiger partial charge in [0, 0.05) is 29.7 Å². The van der Waals surface area contributed by atoms with Crippen molar-refractivity contribution in [2.24, 2.45) is 12.8 Å². The highest BCUT2D eigenvalue weighted by atomic mass is 35.5. The largest absolute Gasteiger partial charge is 0.488 e. The first-order chi connectivity index (χ1) is 11.5. The number of fused-ring (bicyclic) bond motifs is 1. The number of hydrogen-bond acceptors (Lipinski definition) is 2. The topological polar surface area (TPSA) is 40.2 Å². The van der Waals surface area contributed by atoms with Gasteiger partial charge in [0.25, 0.3) is 0 Å². The van der Waals surface area contributed by atoms with Gasteiger partial charge in [-0.05, 0) is 41.8 Å². The quantitative estimate of drug-likeness (QED) is 0.732. The van der Waals surface area contributed by atoms with Crippen LogP contribution in [0, 0.1) is 5.82 Å². The molecule has 0 amide bonds. The molecule has 0 saturated carbocycles. The van der Waals surface area contributed by atoms with E-state index < -0.39 is 0 Å². The number of halogens is 2. The second-order valence-electron chi connectivity index (χ2n) is 6.05. The summed E-state index contributed by atoms with van der Waals surface area (Å²) in [7, 11) is 1.90. The molecule has 0 bridgehead atoms. The van der Waals surface area contributed by atoms with Crippen molar-refractivity contribution in [2.75, 3.05) is 6.54 Å². The maximum Gasteiger partial charge on any atom is 0.132 e. The molecule has 0 radical (unpaired) electrons. The van der Waals surface area contributed by atoms with E-state index in [1.807, 2.05) is 42.1 Å². The van der Waals surface area contributed by atoms with E-state index in [0.29, 0.717) is 23.9 Å². The van der Waals surface area contributed by atoms with Crippen LogP contribution in [0.2, 0.25) is 5.02 Å². The van der Waals surface area contributed by atoms with Crippen LogP contribution in [0.4, 0.5) is 4.39 Å². The van der Waals surface area contributed by atoms with Gasteiger partial charge in [0.2, 0.25) is 0 Å². The van der Waals surface area contributed by atoms with Crippen molar-refractivity contribution in [3.05, 3.63) is 64.6 Å². The van der Waals surface area contributed by atoms with Crippen LogP contribution < -0.4 is 10.5 Å². The van der Waals surface area contributed by atoms with Crippen molar-refractivity contribution in [3.8, 4) is 5.75 Å². The summed E-state index contributed by atoms with van der Waals surface area (Å²) in [6.07, 6.45) is 1.99. The number of aryl methyl sites for hydroxylation is 1. The van der Waals surface area contributed by atoms with E-state index in [1.165, 1.54) is 12.1 Å². The number of nitrogens with two attached hydrogens (primary N) is 1. The molecule has 3 aromatic rings. The van der Waals surface area contributed by atoms with Gasteiger partial charge >= 0.3 is 0 Å². The van der Waals surface area contributed by atoms with Crippen molar-refractivity contribution < 1.29 is 9.13 Å². The summed E-state index contributed by atoms with van der Waals surface area (Å²) in [5, 5.41) is 1.57. The molecule has 1 heterocycles. The normalized spacial score (nSPS) is 12.5. The summed E-state index contributed by atoms with van der Waals surface area (Å²) in [4.78, 5) is 0. The van der Waals surface area contributed by atoms with Gasteiger partial charge in [0.15, 0.2) is 0 Å². The summed E-state index contributed by atoms with van der Waals surface area (Å²) < 4.78 is 21.9. The Morgan fingerprint density at radius 2 is 2.08 bits per heavy atom. The lowest BCUT2D eigenvalue weighted by atomic mass is 10.00. The van der Waals surface area contributed by atoms with Crippen LogP contribution in [0.25, 0.3) is 10.9 Å². The van der Waals surface area contributed by atoms with Crippen molar-refractivity contribution in [2.45, 2.75) is 19.4 Å². The van der Waals surface area contributed by atoms with E-state index in [-0.39, 0.29) is 11.7 Å². The first-order valence-corrected chi connectivity index (χ1v) is 8.23. The van der Waals surface area contributed by atoms with Gasteiger partial charge < -0.3 is 15.0 Å². The first-order valence-electron chi connectivity index (χ1n) is 7.85. The highest BCUT2D eigenvalue weighted by Gasteiger charge is 2.17.